The van der Waals surface area contributed by atoms with Crippen LogP contribution in [0.5, 0.6) is 0 Å². The summed E-state index contributed by atoms with van der Waals surface area (Å²) in [5, 5.41) is 7.72. The molecule has 1 aromatic carbocycles. The first kappa shape index (κ1) is 28.1. The molecular formula is C30H39ClN4. The van der Waals surface area contributed by atoms with Gasteiger partial charge in [-0.3, -0.25) is 9.98 Å². The van der Waals surface area contributed by atoms with Crippen LogP contribution in [0.15, 0.2) is 95.9 Å². The van der Waals surface area contributed by atoms with Crippen molar-refractivity contribution in [3.63, 3.8) is 0 Å². The van der Waals surface area contributed by atoms with Crippen LogP contribution in [-0.4, -0.2) is 22.9 Å². The Morgan fingerprint density at radius 3 is 2.69 bits per heavy atom. The molecule has 0 radical (unpaired) electrons. The quantitative estimate of drug-likeness (QED) is 0.416. The highest BCUT2D eigenvalue weighted by atomic mass is 35.5. The van der Waals surface area contributed by atoms with Gasteiger partial charge in [-0.15, -0.1) is 6.58 Å². The Labute approximate surface area is 216 Å². The van der Waals surface area contributed by atoms with Gasteiger partial charge < -0.3 is 10.6 Å². The largest absolute Gasteiger partial charge is 0.385 e. The Morgan fingerprint density at radius 2 is 2.00 bits per heavy atom. The summed E-state index contributed by atoms with van der Waals surface area (Å²) < 4.78 is 0. The molecule has 35 heavy (non-hydrogen) atoms. The van der Waals surface area contributed by atoms with Crippen molar-refractivity contribution >= 4 is 23.1 Å². The predicted molar refractivity (Wildman–Crippen MR) is 153 cm³/mol. The molecule has 2 heterocycles. The molecule has 0 amide bonds. The molecule has 186 valence electrons. The number of aromatic nitrogens is 1. The average Bonchev–Trinajstić information content (AvgIpc) is 2.88. The van der Waals surface area contributed by atoms with Gasteiger partial charge in [-0.05, 0) is 68.8 Å². The van der Waals surface area contributed by atoms with Crippen molar-refractivity contribution in [1.29, 1.82) is 0 Å². The lowest BCUT2D eigenvalue weighted by atomic mass is 9.78. The van der Waals surface area contributed by atoms with E-state index in [-0.39, 0.29) is 18.0 Å². The number of fused-ring (bicyclic) bond motifs is 3. The molecule has 4 nitrogen and oxygen atoms in total. The maximum absolute atomic E-state index is 6.19. The van der Waals surface area contributed by atoms with Gasteiger partial charge in [0.25, 0.3) is 0 Å². The number of anilines is 1. The van der Waals surface area contributed by atoms with Gasteiger partial charge in [0.2, 0.25) is 0 Å². The van der Waals surface area contributed by atoms with Crippen LogP contribution < -0.4 is 10.6 Å². The Hall–Kier alpha value is -3.11. The number of amidine groups is 1. The average molecular weight is 491 g/mol. The van der Waals surface area contributed by atoms with Crippen molar-refractivity contribution in [1.82, 2.24) is 10.3 Å². The number of nitrogens with one attached hydrogen (secondary N) is 2. The molecule has 1 aromatic heterocycles. The summed E-state index contributed by atoms with van der Waals surface area (Å²) in [6.07, 6.45) is 15.3. The fourth-order valence-electron chi connectivity index (χ4n) is 3.89. The maximum Gasteiger partial charge on any atom is 0.133 e. The van der Waals surface area contributed by atoms with Crippen molar-refractivity contribution in [3.8, 4) is 0 Å². The fraction of sp³-hybridized carbons (Fsp3) is 0.333. The number of aliphatic imine (C=N–C) groups is 1. The van der Waals surface area contributed by atoms with Crippen LogP contribution in [0.1, 0.15) is 65.0 Å². The molecule has 3 atom stereocenters. The van der Waals surface area contributed by atoms with Crippen LogP contribution >= 0.6 is 11.6 Å². The minimum absolute atomic E-state index is 0.0196. The van der Waals surface area contributed by atoms with Gasteiger partial charge >= 0.3 is 0 Å². The zero-order valence-corrected chi connectivity index (χ0v) is 22.6. The molecular weight excluding hydrogens is 452 g/mol. The number of nitrogens with zero attached hydrogens (tertiary/aromatic N) is 2. The SMILES string of the molecule is C=CC.CC.CC/C(C)=C\NC(C)C1=CC=CC2c3cnccc3C(Nc3cccc(Cl)c3)=NC12. The maximum atomic E-state index is 6.19. The van der Waals surface area contributed by atoms with Gasteiger partial charge in [-0.25, -0.2) is 0 Å². The molecule has 2 aliphatic rings. The zero-order valence-electron chi connectivity index (χ0n) is 21.8. The fourth-order valence-corrected chi connectivity index (χ4v) is 4.08. The third-order valence-electron chi connectivity index (χ3n) is 5.75. The molecule has 2 aromatic rings. The van der Waals surface area contributed by atoms with Gasteiger partial charge in [-0.2, -0.15) is 0 Å². The van der Waals surface area contributed by atoms with Gasteiger partial charge in [-0.1, -0.05) is 68.3 Å². The zero-order chi connectivity index (χ0) is 25.8. The normalized spacial score (nSPS) is 18.7. The Morgan fingerprint density at radius 1 is 1.26 bits per heavy atom. The molecule has 0 fully saturated rings. The van der Waals surface area contributed by atoms with Crippen LogP contribution in [-0.2, 0) is 0 Å². The molecule has 0 saturated heterocycles. The number of hydrogen-bond donors (Lipinski definition) is 2. The van der Waals surface area contributed by atoms with Gasteiger partial charge in [0.1, 0.15) is 5.84 Å². The monoisotopic (exact) mass is 490 g/mol. The molecule has 4 rings (SSSR count). The van der Waals surface area contributed by atoms with E-state index in [9.17, 15) is 0 Å². The Bertz CT molecular complexity index is 1100. The van der Waals surface area contributed by atoms with Gasteiger partial charge in [0.15, 0.2) is 0 Å². The molecule has 2 N–H and O–H groups in total. The molecule has 3 unspecified atom stereocenters. The minimum atomic E-state index is 0.0196. The molecule has 1 aliphatic carbocycles. The minimum Gasteiger partial charge on any atom is -0.385 e. The molecule has 0 bridgehead atoms. The lowest BCUT2D eigenvalue weighted by Gasteiger charge is -2.35. The highest BCUT2D eigenvalue weighted by molar-refractivity contribution is 6.31. The second-order valence-corrected chi connectivity index (χ2v) is 8.68. The smallest absolute Gasteiger partial charge is 0.133 e. The molecule has 0 spiro atoms. The molecule has 0 saturated carbocycles. The summed E-state index contributed by atoms with van der Waals surface area (Å²) in [6, 6.07) is 9.95. The van der Waals surface area contributed by atoms with E-state index in [0.717, 1.165) is 23.5 Å². The summed E-state index contributed by atoms with van der Waals surface area (Å²) >= 11 is 6.19. The van der Waals surface area contributed by atoms with E-state index in [0.29, 0.717) is 5.02 Å². The lowest BCUT2D eigenvalue weighted by Crippen LogP contribution is -2.37. The second kappa shape index (κ2) is 14.3. The number of hydrogen-bond acceptors (Lipinski definition) is 4. The number of allylic oxidation sites excluding steroid dienone is 4. The number of benzene rings is 1. The van der Waals surface area contributed by atoms with Crippen molar-refractivity contribution < 1.29 is 0 Å². The van der Waals surface area contributed by atoms with Crippen LogP contribution in [0.3, 0.4) is 0 Å². The number of halogens is 1. The third kappa shape index (κ3) is 7.43. The van der Waals surface area contributed by atoms with Crippen molar-refractivity contribution in [3.05, 3.63) is 107 Å². The van der Waals surface area contributed by atoms with Gasteiger partial charge in [0.05, 0.1) is 6.04 Å². The topological polar surface area (TPSA) is 49.3 Å². The Balaban J connectivity index is 0.000000803. The Kier molecular flexibility index (Phi) is 11.5. The standard InChI is InChI=1S/C25H27ClN4.C3H6.C2H6/c1-4-16(2)14-28-17(3)20-9-6-10-21-23-15-27-12-11-22(23)25(30-24(20)21)29-19-8-5-7-18(26)13-19;1-3-2;1-2/h5-15,17,21,24,28H,4H2,1-3H3,(H,29,30);3H,1H2,2H3;1-2H3/b16-14-;;. The van der Waals surface area contributed by atoms with Crippen LogP contribution in [0.2, 0.25) is 5.02 Å². The van der Waals surface area contributed by atoms with Crippen LogP contribution in [0, 0.1) is 0 Å². The van der Waals surface area contributed by atoms with Crippen LogP contribution in [0.25, 0.3) is 0 Å². The summed E-state index contributed by atoms with van der Waals surface area (Å²) in [4.78, 5) is 9.58. The van der Waals surface area contributed by atoms with Crippen molar-refractivity contribution in [2.45, 2.75) is 66.0 Å². The summed E-state index contributed by atoms with van der Waals surface area (Å²) in [6.45, 7) is 15.8. The van der Waals surface area contributed by atoms with Crippen molar-refractivity contribution in [2.24, 2.45) is 4.99 Å². The highest BCUT2D eigenvalue weighted by Crippen LogP contribution is 2.38. The molecule has 1 aliphatic heterocycles. The van der Waals surface area contributed by atoms with E-state index in [2.05, 4.69) is 67.4 Å². The summed E-state index contributed by atoms with van der Waals surface area (Å²) in [7, 11) is 0. The number of pyridine rings is 1. The van der Waals surface area contributed by atoms with E-state index in [1.807, 2.05) is 63.5 Å². The predicted octanol–water partition coefficient (Wildman–Crippen LogP) is 8.07. The van der Waals surface area contributed by atoms with E-state index >= 15 is 0 Å². The van der Waals surface area contributed by atoms with Crippen LogP contribution in [0.4, 0.5) is 5.69 Å². The highest BCUT2D eigenvalue weighted by Gasteiger charge is 2.35. The van der Waals surface area contributed by atoms with Crippen molar-refractivity contribution in [2.75, 3.05) is 5.32 Å². The van der Waals surface area contributed by atoms with E-state index in [1.165, 1.54) is 16.7 Å². The van der Waals surface area contributed by atoms with Gasteiger partial charge in [0, 0.05) is 40.6 Å². The number of rotatable bonds is 5. The first-order chi connectivity index (χ1) is 17.0. The summed E-state index contributed by atoms with van der Waals surface area (Å²) in [5.41, 5.74) is 5.79. The first-order valence-electron chi connectivity index (χ1n) is 12.4. The lowest BCUT2D eigenvalue weighted by molar-refractivity contribution is 0.586. The second-order valence-electron chi connectivity index (χ2n) is 8.24. The van der Waals surface area contributed by atoms with E-state index < -0.39 is 0 Å². The third-order valence-corrected chi connectivity index (χ3v) is 5.98. The van der Waals surface area contributed by atoms with E-state index in [1.54, 1.807) is 6.08 Å². The first-order valence-corrected chi connectivity index (χ1v) is 12.8. The van der Waals surface area contributed by atoms with E-state index in [4.69, 9.17) is 16.6 Å². The molecule has 5 heteroatoms. The summed E-state index contributed by atoms with van der Waals surface area (Å²) in [5.74, 6) is 1.03.